The number of ether oxygens (including phenoxy) is 1. The van der Waals surface area contributed by atoms with Gasteiger partial charge in [-0.15, -0.1) is 0 Å². The third-order valence-electron chi connectivity index (χ3n) is 3.15. The standard InChI is InChI=1S/C17H14Cl2F3NO2/c1-10-2-5-14(15(6-10)25-9-17(20,21)22)23-16(24)8-11-3-4-12(18)13(19)7-11/h2-7H,8-9H2,1H3,(H,23,24). The van der Waals surface area contributed by atoms with Crippen LogP contribution < -0.4 is 10.1 Å². The van der Waals surface area contributed by atoms with Crippen molar-refractivity contribution in [3.8, 4) is 5.75 Å². The number of benzene rings is 2. The Morgan fingerprint density at radius 1 is 1.12 bits per heavy atom. The molecule has 0 aliphatic heterocycles. The van der Waals surface area contributed by atoms with Crippen LogP contribution in [0.1, 0.15) is 11.1 Å². The molecule has 0 spiro atoms. The minimum atomic E-state index is -4.47. The lowest BCUT2D eigenvalue weighted by molar-refractivity contribution is -0.153. The largest absolute Gasteiger partial charge is 0.482 e. The maximum atomic E-state index is 12.4. The molecule has 0 aromatic heterocycles. The number of alkyl halides is 3. The monoisotopic (exact) mass is 391 g/mol. The lowest BCUT2D eigenvalue weighted by Gasteiger charge is -2.14. The number of carbonyl (C=O) groups excluding carboxylic acids is 1. The van der Waals surface area contributed by atoms with E-state index < -0.39 is 18.7 Å². The maximum absolute atomic E-state index is 12.4. The zero-order valence-corrected chi connectivity index (χ0v) is 14.6. The molecule has 0 radical (unpaired) electrons. The van der Waals surface area contributed by atoms with E-state index in [4.69, 9.17) is 27.9 Å². The van der Waals surface area contributed by atoms with Crippen molar-refractivity contribution >= 4 is 34.8 Å². The number of anilines is 1. The summed E-state index contributed by atoms with van der Waals surface area (Å²) in [7, 11) is 0. The molecule has 0 aliphatic carbocycles. The second-order valence-corrected chi connectivity index (χ2v) is 6.19. The third-order valence-corrected chi connectivity index (χ3v) is 3.89. The number of aryl methyl sites for hydroxylation is 1. The van der Waals surface area contributed by atoms with Crippen molar-refractivity contribution in [3.05, 3.63) is 57.6 Å². The van der Waals surface area contributed by atoms with Gasteiger partial charge in [0.25, 0.3) is 0 Å². The van der Waals surface area contributed by atoms with Gasteiger partial charge >= 0.3 is 6.18 Å². The highest BCUT2D eigenvalue weighted by atomic mass is 35.5. The first-order valence-electron chi connectivity index (χ1n) is 7.18. The number of amides is 1. The van der Waals surface area contributed by atoms with Gasteiger partial charge in [0.05, 0.1) is 22.2 Å². The predicted molar refractivity (Wildman–Crippen MR) is 91.5 cm³/mol. The van der Waals surface area contributed by atoms with Crippen molar-refractivity contribution in [3.63, 3.8) is 0 Å². The van der Waals surface area contributed by atoms with Crippen molar-refractivity contribution in [1.29, 1.82) is 0 Å². The van der Waals surface area contributed by atoms with Gasteiger partial charge in [-0.05, 0) is 42.3 Å². The molecule has 2 aromatic carbocycles. The average molecular weight is 392 g/mol. The second kappa shape index (κ2) is 7.97. The van der Waals surface area contributed by atoms with Gasteiger partial charge in [-0.1, -0.05) is 35.3 Å². The number of carbonyl (C=O) groups is 1. The quantitative estimate of drug-likeness (QED) is 0.738. The van der Waals surface area contributed by atoms with Crippen LogP contribution in [0.15, 0.2) is 36.4 Å². The molecule has 0 aliphatic rings. The average Bonchev–Trinajstić information content (AvgIpc) is 2.50. The van der Waals surface area contributed by atoms with E-state index in [0.29, 0.717) is 21.2 Å². The molecule has 0 atom stereocenters. The molecular formula is C17H14Cl2F3NO2. The smallest absolute Gasteiger partial charge is 0.422 e. The molecule has 0 heterocycles. The van der Waals surface area contributed by atoms with Crippen molar-refractivity contribution in [1.82, 2.24) is 0 Å². The molecule has 25 heavy (non-hydrogen) atoms. The summed E-state index contributed by atoms with van der Waals surface area (Å²) in [6.07, 6.45) is -4.48. The first-order chi connectivity index (χ1) is 11.6. The van der Waals surface area contributed by atoms with E-state index in [-0.39, 0.29) is 17.9 Å². The molecule has 0 unspecified atom stereocenters. The highest BCUT2D eigenvalue weighted by Gasteiger charge is 2.29. The Labute approximate surface area is 152 Å². The van der Waals surface area contributed by atoms with Crippen LogP contribution in [0.2, 0.25) is 10.0 Å². The number of rotatable bonds is 5. The first kappa shape index (κ1) is 19.4. The fourth-order valence-electron chi connectivity index (χ4n) is 2.04. The summed E-state index contributed by atoms with van der Waals surface area (Å²) in [5.74, 6) is -0.459. The Morgan fingerprint density at radius 2 is 1.84 bits per heavy atom. The molecule has 1 amide bonds. The van der Waals surface area contributed by atoms with Gasteiger partial charge in [0.2, 0.25) is 5.91 Å². The fraction of sp³-hybridized carbons (Fsp3) is 0.235. The van der Waals surface area contributed by atoms with Gasteiger partial charge in [0, 0.05) is 0 Å². The Kier molecular flexibility index (Phi) is 6.19. The molecule has 2 aromatic rings. The Morgan fingerprint density at radius 3 is 2.48 bits per heavy atom. The van der Waals surface area contributed by atoms with Crippen molar-refractivity contribution in [2.24, 2.45) is 0 Å². The summed E-state index contributed by atoms with van der Waals surface area (Å²) in [5.41, 5.74) is 1.50. The molecular weight excluding hydrogens is 378 g/mol. The number of hydrogen-bond donors (Lipinski definition) is 1. The Balaban J connectivity index is 2.10. The van der Waals surface area contributed by atoms with E-state index in [1.807, 2.05) is 0 Å². The predicted octanol–water partition coefficient (Wildman–Crippen LogP) is 5.42. The summed E-state index contributed by atoms with van der Waals surface area (Å²) in [5, 5.41) is 3.23. The molecule has 0 saturated carbocycles. The maximum Gasteiger partial charge on any atom is 0.422 e. The summed E-state index contributed by atoms with van der Waals surface area (Å²) >= 11 is 11.7. The summed E-state index contributed by atoms with van der Waals surface area (Å²) in [6.45, 7) is 0.272. The van der Waals surface area contributed by atoms with Crippen LogP contribution in [0.25, 0.3) is 0 Å². The van der Waals surface area contributed by atoms with Gasteiger partial charge in [-0.25, -0.2) is 0 Å². The van der Waals surface area contributed by atoms with Crippen LogP contribution in [-0.4, -0.2) is 18.7 Å². The van der Waals surface area contributed by atoms with Gasteiger partial charge in [0.1, 0.15) is 5.75 Å². The SMILES string of the molecule is Cc1ccc(NC(=O)Cc2ccc(Cl)c(Cl)c2)c(OCC(F)(F)F)c1. The molecule has 0 saturated heterocycles. The zero-order chi connectivity index (χ0) is 18.6. The third kappa shape index (κ3) is 6.14. The van der Waals surface area contributed by atoms with Crippen LogP contribution in [0.4, 0.5) is 18.9 Å². The molecule has 134 valence electrons. The zero-order valence-electron chi connectivity index (χ0n) is 13.1. The fourth-order valence-corrected chi connectivity index (χ4v) is 2.36. The lowest BCUT2D eigenvalue weighted by Crippen LogP contribution is -2.21. The second-order valence-electron chi connectivity index (χ2n) is 5.38. The first-order valence-corrected chi connectivity index (χ1v) is 7.93. The highest BCUT2D eigenvalue weighted by molar-refractivity contribution is 6.42. The Hall–Kier alpha value is -1.92. The van der Waals surface area contributed by atoms with E-state index in [0.717, 1.165) is 0 Å². The van der Waals surface area contributed by atoms with Gasteiger partial charge < -0.3 is 10.1 Å². The summed E-state index contributed by atoms with van der Waals surface area (Å²) < 4.78 is 41.9. The highest BCUT2D eigenvalue weighted by Crippen LogP contribution is 2.28. The van der Waals surface area contributed by atoms with Gasteiger partial charge in [0.15, 0.2) is 6.61 Å². The van der Waals surface area contributed by atoms with Crippen LogP contribution >= 0.6 is 23.2 Å². The number of halogens is 5. The van der Waals surface area contributed by atoms with Crippen molar-refractivity contribution < 1.29 is 22.7 Å². The van der Waals surface area contributed by atoms with Crippen molar-refractivity contribution in [2.75, 3.05) is 11.9 Å². The van der Waals surface area contributed by atoms with Gasteiger partial charge in [-0.2, -0.15) is 13.2 Å². The summed E-state index contributed by atoms with van der Waals surface area (Å²) in [4.78, 5) is 12.2. The van der Waals surface area contributed by atoms with E-state index in [1.54, 1.807) is 31.2 Å². The molecule has 0 bridgehead atoms. The van der Waals surface area contributed by atoms with Gasteiger partial charge in [-0.3, -0.25) is 4.79 Å². The van der Waals surface area contributed by atoms with E-state index >= 15 is 0 Å². The summed E-state index contributed by atoms with van der Waals surface area (Å²) in [6, 6.07) is 9.35. The van der Waals surface area contributed by atoms with Crippen LogP contribution in [0.5, 0.6) is 5.75 Å². The minimum Gasteiger partial charge on any atom is -0.482 e. The van der Waals surface area contributed by atoms with E-state index in [1.165, 1.54) is 12.1 Å². The van der Waals surface area contributed by atoms with E-state index in [9.17, 15) is 18.0 Å². The molecule has 3 nitrogen and oxygen atoms in total. The van der Waals surface area contributed by atoms with Crippen LogP contribution in [0, 0.1) is 6.92 Å². The normalized spacial score (nSPS) is 11.3. The van der Waals surface area contributed by atoms with E-state index in [2.05, 4.69) is 5.32 Å². The van der Waals surface area contributed by atoms with Crippen LogP contribution in [0.3, 0.4) is 0 Å². The molecule has 1 N–H and O–H groups in total. The Bertz CT molecular complexity index is 779. The lowest BCUT2D eigenvalue weighted by atomic mass is 10.1. The topological polar surface area (TPSA) is 38.3 Å². The van der Waals surface area contributed by atoms with Crippen LogP contribution in [-0.2, 0) is 11.2 Å². The number of nitrogens with one attached hydrogen (secondary N) is 1. The van der Waals surface area contributed by atoms with Crippen molar-refractivity contribution in [2.45, 2.75) is 19.5 Å². The minimum absolute atomic E-state index is 0.0104. The number of hydrogen-bond acceptors (Lipinski definition) is 2. The molecule has 0 fully saturated rings. The molecule has 8 heteroatoms. The molecule has 2 rings (SSSR count).